The standard InChI is InChI=1S/C19H25N5OS/c1-22-11-10-19(9-8-16(22)25)14-24(13-12-23(19)2)18-21-20-17(26-18)15-6-4-3-5-7-15/h3-7H,8-14H2,1-2H3/t19-/m0/s1. The van der Waals surface area contributed by atoms with Crippen LogP contribution in [-0.2, 0) is 4.79 Å². The molecule has 0 saturated carbocycles. The number of hydrogen-bond donors (Lipinski definition) is 0. The van der Waals surface area contributed by atoms with Crippen LogP contribution in [0.3, 0.4) is 0 Å². The molecule has 1 amide bonds. The third-order valence-corrected chi connectivity index (χ3v) is 6.88. The second kappa shape index (κ2) is 6.96. The zero-order chi connectivity index (χ0) is 18.1. The Morgan fingerprint density at radius 2 is 1.85 bits per heavy atom. The molecule has 0 aliphatic carbocycles. The first kappa shape index (κ1) is 17.4. The molecule has 2 aromatic rings. The van der Waals surface area contributed by atoms with Gasteiger partial charge in [-0.25, -0.2) is 0 Å². The van der Waals surface area contributed by atoms with Gasteiger partial charge in [-0.1, -0.05) is 41.7 Å². The minimum Gasteiger partial charge on any atom is -0.346 e. The number of piperazine rings is 1. The molecule has 2 saturated heterocycles. The summed E-state index contributed by atoms with van der Waals surface area (Å²) in [5.41, 5.74) is 1.15. The molecule has 138 valence electrons. The molecule has 6 nitrogen and oxygen atoms in total. The highest BCUT2D eigenvalue weighted by molar-refractivity contribution is 7.18. The molecule has 2 aliphatic heterocycles. The zero-order valence-corrected chi connectivity index (χ0v) is 16.2. The lowest BCUT2D eigenvalue weighted by Crippen LogP contribution is -2.61. The minimum atomic E-state index is 0.0389. The molecule has 3 heterocycles. The first-order valence-electron chi connectivity index (χ1n) is 9.16. The fourth-order valence-corrected chi connectivity index (χ4v) is 4.84. The second-order valence-corrected chi connectivity index (χ2v) is 8.34. The van der Waals surface area contributed by atoms with Gasteiger partial charge in [-0.05, 0) is 19.9 Å². The Kier molecular flexibility index (Phi) is 4.67. The topological polar surface area (TPSA) is 52.6 Å². The monoisotopic (exact) mass is 371 g/mol. The van der Waals surface area contributed by atoms with Crippen molar-refractivity contribution in [2.24, 2.45) is 0 Å². The molecule has 0 N–H and O–H groups in total. The number of anilines is 1. The molecule has 2 aliphatic rings. The molecule has 1 spiro atoms. The van der Waals surface area contributed by atoms with Crippen LogP contribution < -0.4 is 4.90 Å². The van der Waals surface area contributed by atoms with Crippen molar-refractivity contribution >= 4 is 22.4 Å². The van der Waals surface area contributed by atoms with Gasteiger partial charge in [0.1, 0.15) is 5.01 Å². The predicted octanol–water partition coefficient (Wildman–Crippen LogP) is 2.34. The molecular weight excluding hydrogens is 346 g/mol. The molecule has 2 fully saturated rings. The van der Waals surface area contributed by atoms with Crippen LogP contribution in [0.1, 0.15) is 19.3 Å². The van der Waals surface area contributed by atoms with Gasteiger partial charge in [-0.2, -0.15) is 0 Å². The van der Waals surface area contributed by atoms with Gasteiger partial charge in [0.05, 0.1) is 0 Å². The van der Waals surface area contributed by atoms with Crippen molar-refractivity contribution in [3.8, 4) is 10.6 Å². The van der Waals surface area contributed by atoms with Crippen LogP contribution in [0, 0.1) is 0 Å². The van der Waals surface area contributed by atoms with Crippen molar-refractivity contribution in [2.45, 2.75) is 24.8 Å². The van der Waals surface area contributed by atoms with Crippen molar-refractivity contribution in [1.82, 2.24) is 20.0 Å². The van der Waals surface area contributed by atoms with E-state index in [-0.39, 0.29) is 11.4 Å². The number of carbonyl (C=O) groups is 1. The van der Waals surface area contributed by atoms with E-state index in [1.165, 1.54) is 0 Å². The third kappa shape index (κ3) is 3.21. The Bertz CT molecular complexity index is 779. The van der Waals surface area contributed by atoms with E-state index < -0.39 is 0 Å². The van der Waals surface area contributed by atoms with Crippen LogP contribution in [0.4, 0.5) is 5.13 Å². The summed E-state index contributed by atoms with van der Waals surface area (Å²) in [5.74, 6) is 0.259. The molecule has 26 heavy (non-hydrogen) atoms. The van der Waals surface area contributed by atoms with Crippen LogP contribution in [0.25, 0.3) is 10.6 Å². The van der Waals surface area contributed by atoms with E-state index in [1.54, 1.807) is 11.3 Å². The fraction of sp³-hybridized carbons (Fsp3) is 0.526. The average Bonchev–Trinajstić information content (AvgIpc) is 3.12. The smallest absolute Gasteiger partial charge is 0.222 e. The Hall–Kier alpha value is -1.99. The number of amides is 1. The van der Waals surface area contributed by atoms with Crippen molar-refractivity contribution in [3.05, 3.63) is 30.3 Å². The van der Waals surface area contributed by atoms with Crippen LogP contribution in [0.15, 0.2) is 30.3 Å². The summed E-state index contributed by atoms with van der Waals surface area (Å²) in [4.78, 5) is 18.8. The number of rotatable bonds is 2. The molecular formula is C19H25N5OS. The molecule has 4 rings (SSSR count). The Morgan fingerprint density at radius 3 is 2.65 bits per heavy atom. The summed E-state index contributed by atoms with van der Waals surface area (Å²) in [6.45, 7) is 3.67. The van der Waals surface area contributed by atoms with Crippen LogP contribution in [-0.4, -0.2) is 71.7 Å². The van der Waals surface area contributed by atoms with Gasteiger partial charge < -0.3 is 9.80 Å². The van der Waals surface area contributed by atoms with Crippen molar-refractivity contribution in [1.29, 1.82) is 0 Å². The number of likely N-dealkylation sites (tertiary alicyclic amines) is 1. The first-order valence-corrected chi connectivity index (χ1v) is 9.98. The fourth-order valence-electron chi connectivity index (χ4n) is 3.96. The molecule has 0 bridgehead atoms. The highest BCUT2D eigenvalue weighted by atomic mass is 32.1. The van der Waals surface area contributed by atoms with Crippen molar-refractivity contribution < 1.29 is 4.79 Å². The lowest BCUT2D eigenvalue weighted by atomic mass is 9.86. The summed E-state index contributed by atoms with van der Waals surface area (Å²) < 4.78 is 0. The maximum absolute atomic E-state index is 12.1. The lowest BCUT2D eigenvalue weighted by molar-refractivity contribution is -0.129. The van der Waals surface area contributed by atoms with Crippen molar-refractivity contribution in [3.63, 3.8) is 0 Å². The van der Waals surface area contributed by atoms with E-state index in [1.807, 2.05) is 30.1 Å². The Morgan fingerprint density at radius 1 is 1.04 bits per heavy atom. The molecule has 1 atom stereocenters. The minimum absolute atomic E-state index is 0.0389. The van der Waals surface area contributed by atoms with Gasteiger partial charge >= 0.3 is 0 Å². The average molecular weight is 372 g/mol. The summed E-state index contributed by atoms with van der Waals surface area (Å²) >= 11 is 1.66. The first-order chi connectivity index (χ1) is 12.6. The van der Waals surface area contributed by atoms with Gasteiger partial charge in [0, 0.05) is 50.7 Å². The normalized spacial score (nSPS) is 24.9. The third-order valence-electron chi connectivity index (χ3n) is 5.85. The zero-order valence-electron chi connectivity index (χ0n) is 15.4. The number of benzene rings is 1. The van der Waals surface area contributed by atoms with E-state index in [2.05, 4.69) is 39.2 Å². The number of carbonyl (C=O) groups excluding carboxylic acids is 1. The van der Waals surface area contributed by atoms with E-state index in [0.717, 1.165) is 54.7 Å². The van der Waals surface area contributed by atoms with E-state index in [4.69, 9.17) is 0 Å². The summed E-state index contributed by atoms with van der Waals surface area (Å²) in [7, 11) is 4.11. The van der Waals surface area contributed by atoms with E-state index in [0.29, 0.717) is 6.42 Å². The molecule has 7 heteroatoms. The van der Waals surface area contributed by atoms with Crippen LogP contribution in [0.2, 0.25) is 0 Å². The molecule has 1 aromatic carbocycles. The van der Waals surface area contributed by atoms with E-state index >= 15 is 0 Å². The number of hydrogen-bond acceptors (Lipinski definition) is 6. The molecule has 0 unspecified atom stereocenters. The Labute approximate surface area is 158 Å². The maximum atomic E-state index is 12.1. The number of aromatic nitrogens is 2. The highest BCUT2D eigenvalue weighted by Gasteiger charge is 2.42. The van der Waals surface area contributed by atoms with Gasteiger partial charge in [0.2, 0.25) is 11.0 Å². The molecule has 1 aromatic heterocycles. The van der Waals surface area contributed by atoms with Gasteiger partial charge in [0.25, 0.3) is 0 Å². The summed E-state index contributed by atoms with van der Waals surface area (Å²) in [6.07, 6.45) is 2.54. The number of likely N-dealkylation sites (N-methyl/N-ethyl adjacent to an activating group) is 1. The quantitative estimate of drug-likeness (QED) is 0.811. The SMILES string of the molecule is CN1CC[C@@]2(CCC1=O)CN(c1nnc(-c3ccccc3)s1)CCN2C. The predicted molar refractivity (Wildman–Crippen MR) is 104 cm³/mol. The largest absolute Gasteiger partial charge is 0.346 e. The van der Waals surface area contributed by atoms with Gasteiger partial charge in [-0.3, -0.25) is 9.69 Å². The molecule has 0 radical (unpaired) electrons. The number of nitrogens with zero attached hydrogens (tertiary/aromatic N) is 5. The summed E-state index contributed by atoms with van der Waals surface area (Å²) in [5, 5.41) is 10.8. The maximum Gasteiger partial charge on any atom is 0.222 e. The second-order valence-electron chi connectivity index (χ2n) is 7.39. The van der Waals surface area contributed by atoms with Crippen molar-refractivity contribution in [2.75, 3.05) is 45.2 Å². The van der Waals surface area contributed by atoms with Gasteiger partial charge in [0.15, 0.2) is 0 Å². The van der Waals surface area contributed by atoms with Crippen LogP contribution in [0.5, 0.6) is 0 Å². The Balaban J connectivity index is 1.55. The van der Waals surface area contributed by atoms with Gasteiger partial charge in [-0.15, -0.1) is 10.2 Å². The summed E-state index contributed by atoms with van der Waals surface area (Å²) in [6, 6.07) is 10.2. The highest BCUT2D eigenvalue weighted by Crippen LogP contribution is 2.36. The van der Waals surface area contributed by atoms with E-state index in [9.17, 15) is 4.79 Å². The van der Waals surface area contributed by atoms with Crippen LogP contribution >= 0.6 is 11.3 Å². The lowest BCUT2D eigenvalue weighted by Gasteiger charge is -2.49.